The Morgan fingerprint density at radius 3 is 2.33 bits per heavy atom. The van der Waals surface area contributed by atoms with Crippen molar-refractivity contribution in [1.82, 2.24) is 0 Å². The minimum Gasteiger partial charge on any atom is -0.367 e. The van der Waals surface area contributed by atoms with Gasteiger partial charge in [0.05, 0.1) is 6.07 Å². The van der Waals surface area contributed by atoms with Gasteiger partial charge in [0.1, 0.15) is 5.54 Å². The van der Waals surface area contributed by atoms with Gasteiger partial charge in [-0.3, -0.25) is 0 Å². The van der Waals surface area contributed by atoms with E-state index in [0.29, 0.717) is 0 Å². The molecule has 0 radical (unpaired) electrons. The fourth-order valence-corrected chi connectivity index (χ4v) is 2.88. The molecule has 96 valence electrons. The molecule has 0 aliphatic heterocycles. The van der Waals surface area contributed by atoms with Crippen molar-refractivity contribution in [3.63, 3.8) is 0 Å². The van der Waals surface area contributed by atoms with E-state index in [9.17, 15) is 5.26 Å². The molecule has 0 spiro atoms. The summed E-state index contributed by atoms with van der Waals surface area (Å²) in [6.07, 6.45) is 4.30. The van der Waals surface area contributed by atoms with Crippen molar-refractivity contribution < 1.29 is 0 Å². The summed E-state index contributed by atoms with van der Waals surface area (Å²) in [5.41, 5.74) is 0.481. The van der Waals surface area contributed by atoms with E-state index in [2.05, 4.69) is 25.2 Å². The van der Waals surface area contributed by atoms with Crippen LogP contribution in [0.4, 0.5) is 5.69 Å². The van der Waals surface area contributed by atoms with Crippen LogP contribution in [0, 0.1) is 16.7 Å². The Kier molecular flexibility index (Phi) is 3.54. The van der Waals surface area contributed by atoms with Gasteiger partial charge in [0.2, 0.25) is 0 Å². The van der Waals surface area contributed by atoms with Crippen molar-refractivity contribution in [3.05, 3.63) is 29.3 Å². The summed E-state index contributed by atoms with van der Waals surface area (Å²) < 4.78 is 0. The second-order valence-electron chi connectivity index (χ2n) is 5.74. The Morgan fingerprint density at radius 2 is 1.78 bits per heavy atom. The predicted octanol–water partition coefficient (Wildman–Crippen LogP) is 4.61. The van der Waals surface area contributed by atoms with Crippen LogP contribution in [0.1, 0.15) is 39.5 Å². The van der Waals surface area contributed by atoms with E-state index in [4.69, 9.17) is 11.6 Å². The highest BCUT2D eigenvalue weighted by Crippen LogP contribution is 2.45. The summed E-state index contributed by atoms with van der Waals surface area (Å²) in [7, 11) is 0. The number of benzene rings is 1. The quantitative estimate of drug-likeness (QED) is 0.845. The van der Waals surface area contributed by atoms with Gasteiger partial charge in [-0.2, -0.15) is 5.26 Å². The van der Waals surface area contributed by atoms with Crippen molar-refractivity contribution >= 4 is 17.3 Å². The SMILES string of the molecule is CC1(C)CCCCC1(C#N)Nc1ccc(Cl)cc1. The minimum atomic E-state index is -0.473. The number of halogens is 1. The van der Waals surface area contributed by atoms with Gasteiger partial charge in [0.25, 0.3) is 0 Å². The van der Waals surface area contributed by atoms with E-state index in [-0.39, 0.29) is 5.41 Å². The fourth-order valence-electron chi connectivity index (χ4n) is 2.76. The molecule has 3 heteroatoms. The Bertz CT molecular complexity index is 458. The van der Waals surface area contributed by atoms with Crippen LogP contribution in [-0.2, 0) is 0 Å². The monoisotopic (exact) mass is 262 g/mol. The zero-order valence-electron chi connectivity index (χ0n) is 11.0. The standard InChI is InChI=1S/C15H19ClN2/c1-14(2)9-3-4-10-15(14,11-17)18-13-7-5-12(16)6-8-13/h5-8,18H,3-4,9-10H2,1-2H3. The zero-order valence-corrected chi connectivity index (χ0v) is 11.7. The van der Waals surface area contributed by atoms with E-state index in [1.54, 1.807) is 0 Å². The average molecular weight is 263 g/mol. The van der Waals surface area contributed by atoms with Crippen molar-refractivity contribution in [2.75, 3.05) is 5.32 Å². The molecule has 0 amide bonds. The van der Waals surface area contributed by atoms with E-state index >= 15 is 0 Å². The highest BCUT2D eigenvalue weighted by Gasteiger charge is 2.47. The second-order valence-corrected chi connectivity index (χ2v) is 6.18. The van der Waals surface area contributed by atoms with E-state index in [1.807, 2.05) is 24.3 Å². The molecular formula is C15H19ClN2. The fraction of sp³-hybridized carbons (Fsp3) is 0.533. The van der Waals surface area contributed by atoms with Gasteiger partial charge in [0.15, 0.2) is 0 Å². The molecule has 1 aromatic rings. The largest absolute Gasteiger partial charge is 0.367 e. The van der Waals surface area contributed by atoms with Crippen LogP contribution in [0.15, 0.2) is 24.3 Å². The number of rotatable bonds is 2. The average Bonchev–Trinajstić information content (AvgIpc) is 2.34. The molecule has 18 heavy (non-hydrogen) atoms. The van der Waals surface area contributed by atoms with Crippen LogP contribution >= 0.6 is 11.6 Å². The summed E-state index contributed by atoms with van der Waals surface area (Å²) in [4.78, 5) is 0. The number of hydrogen-bond acceptors (Lipinski definition) is 2. The Balaban J connectivity index is 2.28. The zero-order chi connectivity index (χ0) is 13.2. The molecule has 0 bridgehead atoms. The number of nitrogens with zero attached hydrogens (tertiary/aromatic N) is 1. The van der Waals surface area contributed by atoms with Crippen molar-refractivity contribution in [2.45, 2.75) is 45.1 Å². The number of nitriles is 1. The van der Waals surface area contributed by atoms with Gasteiger partial charge in [-0.25, -0.2) is 0 Å². The first-order chi connectivity index (χ1) is 8.49. The minimum absolute atomic E-state index is 0.0142. The molecule has 0 aromatic heterocycles. The van der Waals surface area contributed by atoms with Crippen molar-refractivity contribution in [2.24, 2.45) is 5.41 Å². The van der Waals surface area contributed by atoms with Gasteiger partial charge in [-0.1, -0.05) is 31.9 Å². The number of anilines is 1. The van der Waals surface area contributed by atoms with Crippen molar-refractivity contribution in [3.8, 4) is 6.07 Å². The summed E-state index contributed by atoms with van der Waals surface area (Å²) in [6, 6.07) is 10.1. The Hall–Kier alpha value is -1.20. The maximum Gasteiger partial charge on any atom is 0.130 e. The molecule has 1 unspecified atom stereocenters. The van der Waals surface area contributed by atoms with Gasteiger partial charge < -0.3 is 5.32 Å². The van der Waals surface area contributed by atoms with Gasteiger partial charge in [0, 0.05) is 16.1 Å². The topological polar surface area (TPSA) is 35.8 Å². The highest BCUT2D eigenvalue weighted by molar-refractivity contribution is 6.30. The van der Waals surface area contributed by atoms with Crippen LogP contribution in [0.2, 0.25) is 5.02 Å². The van der Waals surface area contributed by atoms with E-state index in [1.165, 1.54) is 6.42 Å². The Labute approximate surface area is 114 Å². The van der Waals surface area contributed by atoms with Crippen molar-refractivity contribution in [1.29, 1.82) is 5.26 Å². The van der Waals surface area contributed by atoms with E-state index < -0.39 is 5.54 Å². The smallest absolute Gasteiger partial charge is 0.130 e. The molecule has 1 aromatic carbocycles. The van der Waals surface area contributed by atoms with Crippen LogP contribution in [0.5, 0.6) is 0 Å². The summed E-state index contributed by atoms with van der Waals surface area (Å²) >= 11 is 5.89. The highest BCUT2D eigenvalue weighted by atomic mass is 35.5. The molecule has 1 aliphatic carbocycles. The molecule has 2 nitrogen and oxygen atoms in total. The van der Waals surface area contributed by atoms with Gasteiger partial charge >= 0.3 is 0 Å². The molecule has 2 rings (SSSR count). The predicted molar refractivity (Wildman–Crippen MR) is 75.7 cm³/mol. The molecule has 1 N–H and O–H groups in total. The lowest BCUT2D eigenvalue weighted by Crippen LogP contribution is -2.52. The first kappa shape index (κ1) is 13.2. The molecule has 1 saturated carbocycles. The maximum absolute atomic E-state index is 9.65. The third-order valence-electron chi connectivity index (χ3n) is 4.15. The van der Waals surface area contributed by atoms with Crippen LogP contribution < -0.4 is 5.32 Å². The maximum atomic E-state index is 9.65. The second kappa shape index (κ2) is 4.82. The lowest BCUT2D eigenvalue weighted by Gasteiger charge is -2.46. The lowest BCUT2D eigenvalue weighted by molar-refractivity contribution is 0.164. The lowest BCUT2D eigenvalue weighted by atomic mass is 9.63. The first-order valence-electron chi connectivity index (χ1n) is 6.44. The third kappa shape index (κ3) is 2.33. The van der Waals surface area contributed by atoms with Crippen LogP contribution in [-0.4, -0.2) is 5.54 Å². The van der Waals surface area contributed by atoms with Gasteiger partial charge in [-0.15, -0.1) is 0 Å². The molecule has 0 saturated heterocycles. The normalized spacial score (nSPS) is 26.3. The molecular weight excluding hydrogens is 244 g/mol. The third-order valence-corrected chi connectivity index (χ3v) is 4.40. The molecule has 1 fully saturated rings. The summed E-state index contributed by atoms with van der Waals surface area (Å²) in [6.45, 7) is 4.36. The van der Waals surface area contributed by atoms with Crippen LogP contribution in [0.3, 0.4) is 0 Å². The number of nitrogens with one attached hydrogen (secondary N) is 1. The summed E-state index contributed by atoms with van der Waals surface area (Å²) in [5.74, 6) is 0. The molecule has 0 heterocycles. The van der Waals surface area contributed by atoms with Crippen LogP contribution in [0.25, 0.3) is 0 Å². The molecule has 1 aliphatic rings. The van der Waals surface area contributed by atoms with E-state index in [0.717, 1.165) is 30.0 Å². The number of hydrogen-bond donors (Lipinski definition) is 1. The summed E-state index contributed by atoms with van der Waals surface area (Å²) in [5, 5.41) is 13.8. The first-order valence-corrected chi connectivity index (χ1v) is 6.82. The molecule has 1 atom stereocenters. The Morgan fingerprint density at radius 1 is 1.17 bits per heavy atom. The van der Waals surface area contributed by atoms with Gasteiger partial charge in [-0.05, 0) is 43.5 Å².